The van der Waals surface area contributed by atoms with Gasteiger partial charge in [-0.2, -0.15) is 0 Å². The van der Waals surface area contributed by atoms with Crippen molar-refractivity contribution in [2.24, 2.45) is 0 Å². The maximum Gasteiger partial charge on any atom is 0.259 e. The number of hydrogen-bond acceptors (Lipinski definition) is 3. The van der Waals surface area contributed by atoms with Crippen LogP contribution in [0.3, 0.4) is 0 Å². The van der Waals surface area contributed by atoms with Crippen LogP contribution < -0.4 is 14.8 Å². The Hall–Kier alpha value is -3.53. The summed E-state index contributed by atoms with van der Waals surface area (Å²) in [4.78, 5) is 12.7. The molecule has 0 aliphatic heterocycles. The van der Waals surface area contributed by atoms with Gasteiger partial charge in [-0.15, -0.1) is 0 Å². The van der Waals surface area contributed by atoms with Gasteiger partial charge in [0.1, 0.15) is 18.1 Å². The first-order valence-electron chi connectivity index (χ1n) is 9.56. The number of rotatable bonds is 9. The molecule has 1 N–H and O–H groups in total. The summed E-state index contributed by atoms with van der Waals surface area (Å²) in [7, 11) is 0. The molecule has 0 saturated carbocycles. The molecule has 0 fully saturated rings. The molecule has 0 aliphatic rings. The summed E-state index contributed by atoms with van der Waals surface area (Å²) in [5.74, 6) is 1.09. The molecule has 0 heterocycles. The average molecular weight is 387 g/mol. The molecule has 0 radical (unpaired) electrons. The van der Waals surface area contributed by atoms with Crippen LogP contribution in [0.2, 0.25) is 0 Å². The standard InChI is InChI=1S/C25H25NO3/c1-19(2)18-29-22-14-12-21(13-15-22)26-25(27)23-10-6-7-11-24(23)28-17-16-20-8-4-3-5-9-20/h3-15H,1,16-18H2,2H3,(H,26,27). The number of ether oxygens (including phenoxy) is 2. The van der Waals surface area contributed by atoms with Crippen LogP contribution in [0.5, 0.6) is 11.5 Å². The van der Waals surface area contributed by atoms with Gasteiger partial charge in [0.15, 0.2) is 0 Å². The van der Waals surface area contributed by atoms with Gasteiger partial charge < -0.3 is 14.8 Å². The minimum atomic E-state index is -0.212. The number of anilines is 1. The highest BCUT2D eigenvalue weighted by Gasteiger charge is 2.12. The normalized spacial score (nSPS) is 10.2. The SMILES string of the molecule is C=C(C)COc1ccc(NC(=O)c2ccccc2OCCc2ccccc2)cc1. The highest BCUT2D eigenvalue weighted by Crippen LogP contribution is 2.21. The van der Waals surface area contributed by atoms with Crippen molar-refractivity contribution in [3.05, 3.63) is 102 Å². The van der Waals surface area contributed by atoms with Crippen molar-refractivity contribution < 1.29 is 14.3 Å². The van der Waals surface area contributed by atoms with E-state index in [-0.39, 0.29) is 5.91 Å². The minimum absolute atomic E-state index is 0.212. The van der Waals surface area contributed by atoms with Gasteiger partial charge in [0.25, 0.3) is 5.91 Å². The Bertz CT molecular complexity index is 949. The molecule has 0 unspecified atom stereocenters. The van der Waals surface area contributed by atoms with Gasteiger partial charge in [-0.3, -0.25) is 4.79 Å². The number of carbonyl (C=O) groups is 1. The lowest BCUT2D eigenvalue weighted by Gasteiger charge is -2.12. The lowest BCUT2D eigenvalue weighted by molar-refractivity contribution is 0.102. The van der Waals surface area contributed by atoms with E-state index >= 15 is 0 Å². The molecular weight excluding hydrogens is 362 g/mol. The zero-order valence-electron chi connectivity index (χ0n) is 16.6. The number of nitrogens with one attached hydrogen (secondary N) is 1. The fourth-order valence-corrected chi connectivity index (χ4v) is 2.74. The van der Waals surface area contributed by atoms with Crippen LogP contribution in [0.4, 0.5) is 5.69 Å². The Labute approximate surface area is 171 Å². The summed E-state index contributed by atoms with van der Waals surface area (Å²) in [5, 5.41) is 2.91. The number of amides is 1. The molecule has 0 aliphatic carbocycles. The monoisotopic (exact) mass is 387 g/mol. The second-order valence-corrected chi connectivity index (χ2v) is 6.80. The molecule has 0 aromatic heterocycles. The van der Waals surface area contributed by atoms with Gasteiger partial charge in [-0.25, -0.2) is 0 Å². The van der Waals surface area contributed by atoms with Gasteiger partial charge in [0.2, 0.25) is 0 Å². The van der Waals surface area contributed by atoms with Crippen LogP contribution in [-0.4, -0.2) is 19.1 Å². The van der Waals surface area contributed by atoms with Crippen LogP contribution >= 0.6 is 0 Å². The molecule has 0 saturated heterocycles. The molecule has 3 aromatic rings. The maximum atomic E-state index is 12.7. The van der Waals surface area contributed by atoms with E-state index in [0.29, 0.717) is 30.2 Å². The number of para-hydroxylation sites is 1. The van der Waals surface area contributed by atoms with E-state index in [1.165, 1.54) is 5.56 Å². The van der Waals surface area contributed by atoms with E-state index in [0.717, 1.165) is 17.7 Å². The zero-order valence-corrected chi connectivity index (χ0v) is 16.6. The van der Waals surface area contributed by atoms with Crippen molar-refractivity contribution in [2.75, 3.05) is 18.5 Å². The molecule has 3 aromatic carbocycles. The van der Waals surface area contributed by atoms with Crippen molar-refractivity contribution in [3.63, 3.8) is 0 Å². The lowest BCUT2D eigenvalue weighted by Crippen LogP contribution is -2.14. The predicted molar refractivity (Wildman–Crippen MR) is 117 cm³/mol. The summed E-state index contributed by atoms with van der Waals surface area (Å²) >= 11 is 0. The van der Waals surface area contributed by atoms with E-state index in [1.807, 2.05) is 67.6 Å². The molecule has 29 heavy (non-hydrogen) atoms. The topological polar surface area (TPSA) is 47.6 Å². The van der Waals surface area contributed by atoms with E-state index in [4.69, 9.17) is 9.47 Å². The van der Waals surface area contributed by atoms with Crippen LogP contribution in [0, 0.1) is 0 Å². The average Bonchev–Trinajstić information content (AvgIpc) is 2.74. The quantitative estimate of drug-likeness (QED) is 0.492. The molecule has 4 heteroatoms. The van der Waals surface area contributed by atoms with Crippen LogP contribution in [0.25, 0.3) is 0 Å². The Morgan fingerprint density at radius 2 is 1.59 bits per heavy atom. The molecule has 4 nitrogen and oxygen atoms in total. The Kier molecular flexibility index (Phi) is 7.06. The second-order valence-electron chi connectivity index (χ2n) is 6.80. The molecule has 0 bridgehead atoms. The summed E-state index contributed by atoms with van der Waals surface area (Å²) in [6.07, 6.45) is 0.780. The predicted octanol–water partition coefficient (Wildman–Crippen LogP) is 5.52. The van der Waals surface area contributed by atoms with Gasteiger partial charge >= 0.3 is 0 Å². The number of hydrogen-bond donors (Lipinski definition) is 1. The Morgan fingerprint density at radius 3 is 2.31 bits per heavy atom. The molecule has 0 spiro atoms. The van der Waals surface area contributed by atoms with E-state index in [1.54, 1.807) is 6.07 Å². The largest absolute Gasteiger partial charge is 0.492 e. The fourth-order valence-electron chi connectivity index (χ4n) is 2.74. The molecule has 148 valence electrons. The van der Waals surface area contributed by atoms with Gasteiger partial charge in [0, 0.05) is 12.1 Å². The summed E-state index contributed by atoms with van der Waals surface area (Å²) in [5.41, 5.74) is 3.34. The third kappa shape index (κ3) is 6.25. The van der Waals surface area contributed by atoms with Crippen molar-refractivity contribution in [3.8, 4) is 11.5 Å². The Morgan fingerprint density at radius 1 is 0.897 bits per heavy atom. The minimum Gasteiger partial charge on any atom is -0.492 e. The second kappa shape index (κ2) is 10.1. The van der Waals surface area contributed by atoms with Crippen molar-refractivity contribution in [2.45, 2.75) is 13.3 Å². The summed E-state index contributed by atoms with van der Waals surface area (Å²) in [6, 6.07) is 24.6. The Balaban J connectivity index is 1.59. The van der Waals surface area contributed by atoms with Crippen molar-refractivity contribution in [1.82, 2.24) is 0 Å². The lowest BCUT2D eigenvalue weighted by atomic mass is 10.1. The fraction of sp³-hybridized carbons (Fsp3) is 0.160. The van der Waals surface area contributed by atoms with Crippen LogP contribution in [0.1, 0.15) is 22.8 Å². The van der Waals surface area contributed by atoms with Gasteiger partial charge in [0.05, 0.1) is 12.2 Å². The first-order valence-corrected chi connectivity index (χ1v) is 9.56. The smallest absolute Gasteiger partial charge is 0.259 e. The van der Waals surface area contributed by atoms with Crippen LogP contribution in [-0.2, 0) is 6.42 Å². The van der Waals surface area contributed by atoms with Gasteiger partial charge in [-0.1, -0.05) is 49.0 Å². The third-order valence-corrected chi connectivity index (χ3v) is 4.22. The highest BCUT2D eigenvalue weighted by atomic mass is 16.5. The molecule has 1 amide bonds. The zero-order chi connectivity index (χ0) is 20.5. The molecule has 3 rings (SSSR count). The van der Waals surface area contributed by atoms with Crippen LogP contribution in [0.15, 0.2) is 91.0 Å². The van der Waals surface area contributed by atoms with E-state index in [2.05, 4.69) is 24.0 Å². The third-order valence-electron chi connectivity index (χ3n) is 4.22. The highest BCUT2D eigenvalue weighted by molar-refractivity contribution is 6.06. The summed E-state index contributed by atoms with van der Waals surface area (Å²) in [6.45, 7) is 6.70. The molecule has 0 atom stereocenters. The van der Waals surface area contributed by atoms with Crippen molar-refractivity contribution in [1.29, 1.82) is 0 Å². The molecular formula is C25H25NO3. The number of benzene rings is 3. The van der Waals surface area contributed by atoms with Crippen molar-refractivity contribution >= 4 is 11.6 Å². The first kappa shape index (κ1) is 20.2. The van der Waals surface area contributed by atoms with E-state index < -0.39 is 0 Å². The van der Waals surface area contributed by atoms with E-state index in [9.17, 15) is 4.79 Å². The summed E-state index contributed by atoms with van der Waals surface area (Å²) < 4.78 is 11.5. The van der Waals surface area contributed by atoms with Gasteiger partial charge in [-0.05, 0) is 54.5 Å². The first-order chi connectivity index (χ1) is 14.1. The number of carbonyl (C=O) groups excluding carboxylic acids is 1. The maximum absolute atomic E-state index is 12.7.